The summed E-state index contributed by atoms with van der Waals surface area (Å²) in [4.78, 5) is 6.00. The minimum absolute atomic E-state index is 0.424. The van der Waals surface area contributed by atoms with Gasteiger partial charge in [0.2, 0.25) is 5.95 Å². The normalized spacial score (nSPS) is 18.0. The molecule has 0 spiro atoms. The Balaban J connectivity index is 1.38. The van der Waals surface area contributed by atoms with E-state index in [4.69, 9.17) is 0 Å². The molecule has 0 unspecified atom stereocenters. The van der Waals surface area contributed by atoms with Crippen molar-refractivity contribution in [1.29, 1.82) is 0 Å². The summed E-state index contributed by atoms with van der Waals surface area (Å²) >= 11 is 1.80. The van der Waals surface area contributed by atoms with Gasteiger partial charge in [0.1, 0.15) is 0 Å². The van der Waals surface area contributed by atoms with Gasteiger partial charge in [-0.25, -0.2) is 4.98 Å². The number of hydrogen-bond donors (Lipinski definition) is 1. The Morgan fingerprint density at radius 1 is 1.26 bits per heavy atom. The lowest BCUT2D eigenvalue weighted by molar-refractivity contribution is 0.553. The molecular formula is C18H18FN3S. The molecule has 0 saturated carbocycles. The third kappa shape index (κ3) is 3.07. The molecule has 0 amide bonds. The van der Waals surface area contributed by atoms with E-state index in [1.54, 1.807) is 23.6 Å². The smallest absolute Gasteiger partial charge is 0.212 e. The Morgan fingerprint density at radius 2 is 2.17 bits per heavy atom. The molecule has 3 aromatic rings. The molecule has 0 aliphatic carbocycles. The van der Waals surface area contributed by atoms with Crippen molar-refractivity contribution >= 4 is 27.1 Å². The number of hydrogen-bond acceptors (Lipinski definition) is 4. The molecule has 23 heavy (non-hydrogen) atoms. The summed E-state index contributed by atoms with van der Waals surface area (Å²) in [6, 6.07) is 12.2. The number of benzene rings is 1. The van der Waals surface area contributed by atoms with Crippen molar-refractivity contribution in [3.63, 3.8) is 0 Å². The highest BCUT2D eigenvalue weighted by atomic mass is 32.1. The fraction of sp³-hybridized carbons (Fsp3) is 0.278. The topological polar surface area (TPSA) is 28.2 Å². The van der Waals surface area contributed by atoms with E-state index in [2.05, 4.69) is 44.8 Å². The van der Waals surface area contributed by atoms with Crippen LogP contribution < -0.4 is 10.2 Å². The minimum atomic E-state index is -0.424. The Kier molecular flexibility index (Phi) is 3.97. The molecule has 1 N–H and O–H groups in total. The van der Waals surface area contributed by atoms with Gasteiger partial charge >= 0.3 is 0 Å². The Hall–Kier alpha value is -1.98. The fourth-order valence-corrected chi connectivity index (χ4v) is 4.10. The standard InChI is InChI=1S/C18H18FN3S/c19-18-6-5-15(10-21-18)22-8-7-14(11-22)20-9-13-12-23-17-4-2-1-3-16(13)17/h1-6,10,12,14,20H,7-9,11H2/t14-/m0/s1. The Labute approximate surface area is 138 Å². The van der Waals surface area contributed by atoms with Gasteiger partial charge in [-0.2, -0.15) is 4.39 Å². The quantitative estimate of drug-likeness (QED) is 0.739. The number of fused-ring (bicyclic) bond motifs is 1. The van der Waals surface area contributed by atoms with E-state index in [-0.39, 0.29) is 0 Å². The highest BCUT2D eigenvalue weighted by molar-refractivity contribution is 7.17. The first-order chi connectivity index (χ1) is 11.3. The van der Waals surface area contributed by atoms with Gasteiger partial charge in [-0.05, 0) is 40.9 Å². The zero-order chi connectivity index (χ0) is 15.6. The molecule has 3 heterocycles. The van der Waals surface area contributed by atoms with Crippen LogP contribution in [0.1, 0.15) is 12.0 Å². The molecule has 0 radical (unpaired) electrons. The van der Waals surface area contributed by atoms with Crippen molar-refractivity contribution in [2.24, 2.45) is 0 Å². The fourth-order valence-electron chi connectivity index (χ4n) is 3.14. The van der Waals surface area contributed by atoms with Crippen LogP contribution in [0.25, 0.3) is 10.1 Å². The summed E-state index contributed by atoms with van der Waals surface area (Å²) in [5, 5.41) is 7.25. The van der Waals surface area contributed by atoms with Crippen LogP contribution in [0.5, 0.6) is 0 Å². The van der Waals surface area contributed by atoms with Crippen molar-refractivity contribution < 1.29 is 4.39 Å². The molecule has 2 aromatic heterocycles. The predicted molar refractivity (Wildman–Crippen MR) is 93.5 cm³/mol. The van der Waals surface area contributed by atoms with Crippen LogP contribution in [0.15, 0.2) is 48.0 Å². The van der Waals surface area contributed by atoms with Crippen LogP contribution in [-0.2, 0) is 6.54 Å². The van der Waals surface area contributed by atoms with E-state index in [0.29, 0.717) is 6.04 Å². The van der Waals surface area contributed by atoms with Gasteiger partial charge in [-0.1, -0.05) is 18.2 Å². The summed E-state index contributed by atoms with van der Waals surface area (Å²) < 4.78 is 14.3. The number of pyridine rings is 1. The van der Waals surface area contributed by atoms with E-state index >= 15 is 0 Å². The third-order valence-electron chi connectivity index (χ3n) is 4.41. The number of halogens is 1. The SMILES string of the molecule is Fc1ccc(N2CC[C@H](NCc3csc4ccccc34)C2)cn1. The summed E-state index contributed by atoms with van der Waals surface area (Å²) in [7, 11) is 0. The van der Waals surface area contributed by atoms with Gasteiger partial charge in [-0.3, -0.25) is 0 Å². The van der Waals surface area contributed by atoms with Crippen LogP contribution in [-0.4, -0.2) is 24.1 Å². The molecule has 1 fully saturated rings. The number of aromatic nitrogens is 1. The molecular weight excluding hydrogens is 309 g/mol. The molecule has 1 aliphatic heterocycles. The second-order valence-corrected chi connectivity index (χ2v) is 6.82. The van der Waals surface area contributed by atoms with Gasteiger partial charge in [0.25, 0.3) is 0 Å². The van der Waals surface area contributed by atoms with E-state index < -0.39 is 5.95 Å². The molecule has 3 nitrogen and oxygen atoms in total. The van der Waals surface area contributed by atoms with Crippen molar-refractivity contribution in [1.82, 2.24) is 10.3 Å². The maximum absolute atomic E-state index is 12.9. The van der Waals surface area contributed by atoms with Crippen LogP contribution >= 0.6 is 11.3 Å². The van der Waals surface area contributed by atoms with Gasteiger partial charge in [0.15, 0.2) is 0 Å². The van der Waals surface area contributed by atoms with Crippen LogP contribution in [0.2, 0.25) is 0 Å². The van der Waals surface area contributed by atoms with Crippen LogP contribution in [0.3, 0.4) is 0 Å². The van der Waals surface area contributed by atoms with Gasteiger partial charge < -0.3 is 10.2 Å². The average molecular weight is 327 g/mol. The van der Waals surface area contributed by atoms with Crippen molar-refractivity contribution in [2.75, 3.05) is 18.0 Å². The van der Waals surface area contributed by atoms with E-state index in [1.807, 2.05) is 0 Å². The number of nitrogens with one attached hydrogen (secondary N) is 1. The average Bonchev–Trinajstić information content (AvgIpc) is 3.20. The molecule has 0 bridgehead atoms. The molecule has 1 atom stereocenters. The zero-order valence-corrected chi connectivity index (χ0v) is 13.5. The lowest BCUT2D eigenvalue weighted by Crippen LogP contribution is -2.32. The first-order valence-electron chi connectivity index (χ1n) is 7.84. The molecule has 5 heteroatoms. The van der Waals surface area contributed by atoms with Crippen LogP contribution in [0, 0.1) is 5.95 Å². The van der Waals surface area contributed by atoms with Gasteiger partial charge in [0, 0.05) is 30.4 Å². The summed E-state index contributed by atoms with van der Waals surface area (Å²) in [6.45, 7) is 2.81. The van der Waals surface area contributed by atoms with Crippen LogP contribution in [0.4, 0.5) is 10.1 Å². The Morgan fingerprint density at radius 3 is 3.04 bits per heavy atom. The van der Waals surface area contributed by atoms with Gasteiger partial charge in [-0.15, -0.1) is 11.3 Å². The monoisotopic (exact) mass is 327 g/mol. The predicted octanol–water partition coefficient (Wildman–Crippen LogP) is 3.80. The number of nitrogens with zero attached hydrogens (tertiary/aromatic N) is 2. The largest absolute Gasteiger partial charge is 0.369 e. The van der Waals surface area contributed by atoms with Crippen molar-refractivity contribution in [2.45, 2.75) is 19.0 Å². The highest BCUT2D eigenvalue weighted by Crippen LogP contribution is 2.26. The minimum Gasteiger partial charge on any atom is -0.369 e. The Bertz CT molecular complexity index is 799. The van der Waals surface area contributed by atoms with Crippen molar-refractivity contribution in [3.8, 4) is 0 Å². The molecule has 4 rings (SSSR count). The maximum Gasteiger partial charge on any atom is 0.212 e. The lowest BCUT2D eigenvalue weighted by Gasteiger charge is -2.18. The summed E-state index contributed by atoms with van der Waals surface area (Å²) in [5.74, 6) is -0.424. The number of rotatable bonds is 4. The first-order valence-corrected chi connectivity index (χ1v) is 8.72. The van der Waals surface area contributed by atoms with E-state index in [1.165, 1.54) is 21.7 Å². The lowest BCUT2D eigenvalue weighted by atomic mass is 10.1. The van der Waals surface area contributed by atoms with E-state index in [0.717, 1.165) is 31.7 Å². The first kappa shape index (κ1) is 14.6. The van der Waals surface area contributed by atoms with Crippen molar-refractivity contribution in [3.05, 3.63) is 59.5 Å². The second-order valence-electron chi connectivity index (χ2n) is 5.91. The number of anilines is 1. The summed E-state index contributed by atoms with van der Waals surface area (Å²) in [6.07, 6.45) is 2.71. The second kappa shape index (κ2) is 6.26. The molecule has 1 aromatic carbocycles. The number of thiophene rings is 1. The molecule has 1 aliphatic rings. The van der Waals surface area contributed by atoms with E-state index in [9.17, 15) is 4.39 Å². The third-order valence-corrected chi connectivity index (χ3v) is 5.42. The molecule has 1 saturated heterocycles. The highest BCUT2D eigenvalue weighted by Gasteiger charge is 2.22. The summed E-state index contributed by atoms with van der Waals surface area (Å²) in [5.41, 5.74) is 2.36. The maximum atomic E-state index is 12.9. The molecule has 118 valence electrons. The zero-order valence-electron chi connectivity index (χ0n) is 12.7. The van der Waals surface area contributed by atoms with Gasteiger partial charge in [0.05, 0.1) is 11.9 Å².